The van der Waals surface area contributed by atoms with Crippen LogP contribution in [0.15, 0.2) is 36.4 Å². The van der Waals surface area contributed by atoms with Gasteiger partial charge >= 0.3 is 11.8 Å². The van der Waals surface area contributed by atoms with Crippen LogP contribution in [0.1, 0.15) is 79.9 Å². The summed E-state index contributed by atoms with van der Waals surface area (Å²) in [5.74, 6) is -0.517. The van der Waals surface area contributed by atoms with Gasteiger partial charge < -0.3 is 15.4 Å². The molecule has 166 valence electrons. The SMILES string of the molecule is CCOc1ccc(C)cc1C(C)NC(=O)C(=O)NC(CC)c1ccc2c(c1)CCCC2. The highest BCUT2D eigenvalue weighted by molar-refractivity contribution is 6.35. The molecule has 3 rings (SSSR count). The van der Waals surface area contributed by atoms with E-state index in [0.717, 1.165) is 41.7 Å². The van der Waals surface area contributed by atoms with Crippen molar-refractivity contribution < 1.29 is 14.3 Å². The van der Waals surface area contributed by atoms with Gasteiger partial charge in [-0.15, -0.1) is 0 Å². The van der Waals surface area contributed by atoms with Crippen LogP contribution in [0.5, 0.6) is 5.75 Å². The Kier molecular flexibility index (Phi) is 7.72. The van der Waals surface area contributed by atoms with E-state index in [1.165, 1.54) is 24.0 Å². The lowest BCUT2D eigenvalue weighted by atomic mass is 9.89. The molecular weight excluding hydrogens is 388 g/mol. The smallest absolute Gasteiger partial charge is 0.309 e. The molecule has 0 aromatic heterocycles. The van der Waals surface area contributed by atoms with Gasteiger partial charge in [0.2, 0.25) is 0 Å². The quantitative estimate of drug-likeness (QED) is 0.635. The maximum Gasteiger partial charge on any atom is 0.309 e. The van der Waals surface area contributed by atoms with Crippen LogP contribution in [-0.2, 0) is 22.4 Å². The first-order valence-electron chi connectivity index (χ1n) is 11.4. The number of nitrogens with one attached hydrogen (secondary N) is 2. The minimum atomic E-state index is -0.632. The highest BCUT2D eigenvalue weighted by atomic mass is 16.5. The lowest BCUT2D eigenvalue weighted by Crippen LogP contribution is -2.42. The molecule has 2 aromatic carbocycles. The molecule has 0 aliphatic heterocycles. The first-order chi connectivity index (χ1) is 14.9. The molecule has 2 unspecified atom stereocenters. The zero-order valence-corrected chi connectivity index (χ0v) is 19.1. The fourth-order valence-electron chi connectivity index (χ4n) is 4.25. The molecule has 0 saturated carbocycles. The molecule has 0 heterocycles. The third-order valence-electron chi connectivity index (χ3n) is 5.97. The summed E-state index contributed by atoms with van der Waals surface area (Å²) >= 11 is 0. The molecule has 0 fully saturated rings. The van der Waals surface area contributed by atoms with Crippen LogP contribution in [0.4, 0.5) is 0 Å². The Balaban J connectivity index is 1.67. The van der Waals surface area contributed by atoms with Crippen molar-refractivity contribution in [2.24, 2.45) is 0 Å². The van der Waals surface area contributed by atoms with Gasteiger partial charge in [0.05, 0.1) is 18.7 Å². The van der Waals surface area contributed by atoms with Crippen LogP contribution in [-0.4, -0.2) is 18.4 Å². The van der Waals surface area contributed by atoms with Gasteiger partial charge in [-0.3, -0.25) is 9.59 Å². The number of carbonyl (C=O) groups excluding carboxylic acids is 2. The van der Waals surface area contributed by atoms with E-state index in [-0.39, 0.29) is 12.1 Å². The molecule has 0 spiro atoms. The molecule has 2 N–H and O–H groups in total. The van der Waals surface area contributed by atoms with Gasteiger partial charge in [-0.1, -0.05) is 42.8 Å². The van der Waals surface area contributed by atoms with E-state index in [9.17, 15) is 9.59 Å². The first-order valence-corrected chi connectivity index (χ1v) is 11.4. The fourth-order valence-corrected chi connectivity index (χ4v) is 4.25. The lowest BCUT2D eigenvalue weighted by Gasteiger charge is -2.22. The Hall–Kier alpha value is -2.82. The summed E-state index contributed by atoms with van der Waals surface area (Å²) in [5.41, 5.74) is 5.78. The van der Waals surface area contributed by atoms with E-state index >= 15 is 0 Å². The predicted molar refractivity (Wildman–Crippen MR) is 123 cm³/mol. The number of ether oxygens (including phenoxy) is 1. The Morgan fingerprint density at radius 2 is 1.68 bits per heavy atom. The molecule has 2 aromatic rings. The minimum absolute atomic E-state index is 0.182. The summed E-state index contributed by atoms with van der Waals surface area (Å²) in [6.07, 6.45) is 5.39. The number of benzene rings is 2. The second kappa shape index (κ2) is 10.5. The van der Waals surface area contributed by atoms with Crippen LogP contribution < -0.4 is 15.4 Å². The number of hydrogen-bond donors (Lipinski definition) is 2. The fraction of sp³-hybridized carbons (Fsp3) is 0.462. The summed E-state index contributed by atoms with van der Waals surface area (Å²) < 4.78 is 5.69. The molecule has 31 heavy (non-hydrogen) atoms. The zero-order valence-electron chi connectivity index (χ0n) is 19.1. The van der Waals surface area contributed by atoms with Crippen LogP contribution in [0.25, 0.3) is 0 Å². The second-order valence-corrected chi connectivity index (χ2v) is 8.34. The highest BCUT2D eigenvalue weighted by Gasteiger charge is 2.23. The number of hydrogen-bond acceptors (Lipinski definition) is 3. The standard InChI is InChI=1S/C26H34N2O3/c1-5-23(21-13-12-19-9-7-8-10-20(19)16-21)28-26(30)25(29)27-18(4)22-15-17(3)11-14-24(22)31-6-2/h11-16,18,23H,5-10H2,1-4H3,(H,27,29)(H,28,30). The summed E-state index contributed by atoms with van der Waals surface area (Å²) in [7, 11) is 0. The summed E-state index contributed by atoms with van der Waals surface area (Å²) in [4.78, 5) is 25.3. The number of carbonyl (C=O) groups is 2. The van der Waals surface area contributed by atoms with Crippen molar-refractivity contribution in [2.75, 3.05) is 6.61 Å². The van der Waals surface area contributed by atoms with Gasteiger partial charge in [-0.2, -0.15) is 0 Å². The van der Waals surface area contributed by atoms with Crippen molar-refractivity contribution in [2.45, 2.75) is 71.9 Å². The van der Waals surface area contributed by atoms with Crippen molar-refractivity contribution in [3.8, 4) is 5.75 Å². The van der Waals surface area contributed by atoms with E-state index in [4.69, 9.17) is 4.74 Å². The highest BCUT2D eigenvalue weighted by Crippen LogP contribution is 2.27. The van der Waals surface area contributed by atoms with Gasteiger partial charge in [0.25, 0.3) is 0 Å². The van der Waals surface area contributed by atoms with Gasteiger partial charge in [0.15, 0.2) is 0 Å². The normalized spacial score (nSPS) is 14.8. The average Bonchev–Trinajstić information content (AvgIpc) is 2.78. The van der Waals surface area contributed by atoms with E-state index in [1.54, 1.807) is 0 Å². The maximum atomic E-state index is 12.7. The maximum absolute atomic E-state index is 12.7. The van der Waals surface area contributed by atoms with Crippen molar-refractivity contribution in [1.82, 2.24) is 10.6 Å². The largest absolute Gasteiger partial charge is 0.494 e. The van der Waals surface area contributed by atoms with Crippen molar-refractivity contribution in [3.05, 3.63) is 64.2 Å². The number of rotatable bonds is 7. The monoisotopic (exact) mass is 422 g/mol. The van der Waals surface area contributed by atoms with Crippen LogP contribution in [0, 0.1) is 6.92 Å². The van der Waals surface area contributed by atoms with E-state index < -0.39 is 11.8 Å². The van der Waals surface area contributed by atoms with Crippen molar-refractivity contribution in [1.29, 1.82) is 0 Å². The van der Waals surface area contributed by atoms with E-state index in [0.29, 0.717) is 6.61 Å². The average molecular weight is 423 g/mol. The number of fused-ring (bicyclic) bond motifs is 1. The molecule has 0 radical (unpaired) electrons. The number of aryl methyl sites for hydroxylation is 3. The van der Waals surface area contributed by atoms with Crippen LogP contribution in [0.2, 0.25) is 0 Å². The van der Waals surface area contributed by atoms with Crippen LogP contribution >= 0.6 is 0 Å². The van der Waals surface area contributed by atoms with Gasteiger partial charge in [-0.05, 0) is 75.6 Å². The molecular formula is C26H34N2O3. The van der Waals surface area contributed by atoms with Crippen LogP contribution in [0.3, 0.4) is 0 Å². The Bertz CT molecular complexity index is 938. The Labute approximate surface area is 185 Å². The lowest BCUT2D eigenvalue weighted by molar-refractivity contribution is -0.140. The van der Waals surface area contributed by atoms with Crippen molar-refractivity contribution >= 4 is 11.8 Å². The third-order valence-corrected chi connectivity index (χ3v) is 5.97. The molecule has 2 atom stereocenters. The first kappa shape index (κ1) is 22.9. The zero-order chi connectivity index (χ0) is 22.4. The van der Waals surface area contributed by atoms with Gasteiger partial charge in [-0.25, -0.2) is 0 Å². The molecule has 5 nitrogen and oxygen atoms in total. The summed E-state index contributed by atoms with van der Waals surface area (Å²) in [6.45, 7) is 8.34. The minimum Gasteiger partial charge on any atom is -0.494 e. The van der Waals surface area contributed by atoms with Gasteiger partial charge in [0.1, 0.15) is 5.75 Å². The molecule has 5 heteroatoms. The van der Waals surface area contributed by atoms with Gasteiger partial charge in [0, 0.05) is 5.56 Å². The molecule has 0 saturated heterocycles. The molecule has 1 aliphatic carbocycles. The topological polar surface area (TPSA) is 67.4 Å². The Morgan fingerprint density at radius 3 is 2.39 bits per heavy atom. The van der Waals surface area contributed by atoms with Crippen molar-refractivity contribution in [3.63, 3.8) is 0 Å². The molecule has 2 amide bonds. The summed E-state index contributed by atoms with van der Waals surface area (Å²) in [5, 5.41) is 5.74. The summed E-state index contributed by atoms with van der Waals surface area (Å²) in [6, 6.07) is 11.8. The molecule has 0 bridgehead atoms. The second-order valence-electron chi connectivity index (χ2n) is 8.34. The van der Waals surface area contributed by atoms with E-state index in [2.05, 4.69) is 28.8 Å². The van der Waals surface area contributed by atoms with E-state index in [1.807, 2.05) is 45.9 Å². The third kappa shape index (κ3) is 5.66. The molecule has 1 aliphatic rings. The Morgan fingerprint density at radius 1 is 0.968 bits per heavy atom. The predicted octanol–water partition coefficient (Wildman–Crippen LogP) is 4.72. The number of amides is 2.